The van der Waals surface area contributed by atoms with Crippen LogP contribution in [0.3, 0.4) is 0 Å². The Kier molecular flexibility index (Phi) is 19.6. The molecule has 0 spiro atoms. The van der Waals surface area contributed by atoms with Crippen LogP contribution in [0.5, 0.6) is 0 Å². The molecule has 0 aliphatic carbocycles. The van der Waals surface area contributed by atoms with Crippen LogP contribution in [0.2, 0.25) is 0 Å². The summed E-state index contributed by atoms with van der Waals surface area (Å²) in [4.78, 5) is 52.6. The molecule has 16 rings (SSSR count). The van der Waals surface area contributed by atoms with Gasteiger partial charge in [-0.05, 0) is 146 Å². The molecule has 16 aromatic rings. The van der Waals surface area contributed by atoms with E-state index < -0.39 is 0 Å². The molecule has 0 fully saturated rings. The molecule has 0 saturated heterocycles. The first kappa shape index (κ1) is 59.2. The van der Waals surface area contributed by atoms with Crippen LogP contribution >= 0.6 is 0 Å². The van der Waals surface area contributed by atoms with E-state index in [1.54, 1.807) is 49.6 Å². The van der Waals surface area contributed by atoms with Crippen LogP contribution in [0.4, 0.5) is 0 Å². The maximum Gasteiger partial charge on any atom is 0.0964 e. The van der Waals surface area contributed by atoms with E-state index in [0.29, 0.717) is 0 Å². The van der Waals surface area contributed by atoms with Gasteiger partial charge in [0, 0.05) is 156 Å². The Bertz CT molecular complexity index is 4200. The van der Waals surface area contributed by atoms with Gasteiger partial charge in [0.15, 0.2) is 0 Å². The number of nitrogens with zero attached hydrogens (tertiary/aromatic N) is 12. The van der Waals surface area contributed by atoms with Gasteiger partial charge < -0.3 is 0 Å². The van der Waals surface area contributed by atoms with Crippen molar-refractivity contribution in [3.8, 4) is 22.8 Å². The molecule has 0 aliphatic heterocycles. The molecular formula is C72H54N12Ru2. The first-order valence-electron chi connectivity index (χ1n) is 27.6. The number of fused-ring (bicyclic) bond motifs is 12. The van der Waals surface area contributed by atoms with E-state index in [1.807, 2.05) is 85.5 Å². The molecule has 0 amide bonds. The number of rotatable bonds is 5. The van der Waals surface area contributed by atoms with Crippen molar-refractivity contribution in [3.63, 3.8) is 0 Å². The van der Waals surface area contributed by atoms with Gasteiger partial charge in [-0.3, -0.25) is 59.8 Å². The Morgan fingerprint density at radius 2 is 0.407 bits per heavy atom. The van der Waals surface area contributed by atoms with Crippen molar-refractivity contribution in [2.45, 2.75) is 26.7 Å². The smallest absolute Gasteiger partial charge is 0.0964 e. The van der Waals surface area contributed by atoms with Crippen molar-refractivity contribution in [2.75, 3.05) is 0 Å². The minimum Gasteiger partial charge on any atom is -0.255 e. The Morgan fingerprint density at radius 1 is 0.209 bits per heavy atom. The summed E-state index contributed by atoms with van der Waals surface area (Å²) in [5.41, 5.74) is 16.4. The van der Waals surface area contributed by atoms with E-state index in [9.17, 15) is 0 Å². The van der Waals surface area contributed by atoms with Gasteiger partial charge in [-0.15, -0.1) is 0 Å². The summed E-state index contributed by atoms with van der Waals surface area (Å²) in [5.74, 6) is 0. The molecule has 12 nitrogen and oxygen atoms in total. The van der Waals surface area contributed by atoms with Gasteiger partial charge in [0.1, 0.15) is 0 Å². The average Bonchev–Trinajstić information content (AvgIpc) is 2.91. The molecule has 4 aromatic carbocycles. The molecule has 0 aliphatic rings. The summed E-state index contributed by atoms with van der Waals surface area (Å²) in [5, 5.41) is 9.10. The van der Waals surface area contributed by atoms with E-state index in [2.05, 4.69) is 207 Å². The molecule has 12 aromatic heterocycles. The first-order valence-corrected chi connectivity index (χ1v) is 27.6. The SMILES string of the molecule is Cc1ccnc(-c2cc(CCc3ccnc(-c4cc(C)ccn4)c3)ccn2)c1.[Ru].[Ru].c1cnc2c(c1)ccc1cccnc12.c1cnc2c(c1)ccc1cccnc12.c1cnc2c(c1)ccc1cccnc12.c1cnc2c(c1)ccc1cccnc12. The zero-order valence-corrected chi connectivity index (χ0v) is 50.4. The van der Waals surface area contributed by atoms with Crippen LogP contribution in [-0.4, -0.2) is 59.8 Å². The van der Waals surface area contributed by atoms with E-state index in [-0.39, 0.29) is 39.0 Å². The topological polar surface area (TPSA) is 155 Å². The molecule has 14 heteroatoms. The van der Waals surface area contributed by atoms with Crippen LogP contribution in [0.15, 0.2) is 268 Å². The standard InChI is InChI=1S/C24H22N4.4C12H8N2.2Ru/c1-17-5-9-25-21(13-17)23-15-19(7-11-27-23)3-4-20-8-12-28-24(16-20)22-14-18(2)6-10-26-22;4*1-3-9-5-6-10-4-2-8-14-12(10)11(9)13-7-1;;/h5-16H,3-4H2,1-2H3;4*1-8H;;. The second-order valence-electron chi connectivity index (χ2n) is 19.9. The van der Waals surface area contributed by atoms with Gasteiger partial charge in [-0.25, -0.2) is 0 Å². The summed E-state index contributed by atoms with van der Waals surface area (Å²) >= 11 is 0. The normalized spacial score (nSPS) is 10.6. The quantitative estimate of drug-likeness (QED) is 0.119. The van der Waals surface area contributed by atoms with E-state index in [1.165, 1.54) is 22.3 Å². The van der Waals surface area contributed by atoms with Crippen LogP contribution < -0.4 is 0 Å². The van der Waals surface area contributed by atoms with Crippen LogP contribution in [-0.2, 0) is 51.8 Å². The average molecular weight is 1290 g/mol. The molecule has 86 heavy (non-hydrogen) atoms. The minimum absolute atomic E-state index is 0. The Hall–Kier alpha value is -9.99. The third kappa shape index (κ3) is 14.1. The maximum absolute atomic E-state index is 4.49. The van der Waals surface area contributed by atoms with Gasteiger partial charge in [-0.1, -0.05) is 97.1 Å². The first-order chi connectivity index (χ1) is 41.5. The molecule has 0 unspecified atom stereocenters. The Balaban J connectivity index is 0.000000123. The Labute approximate surface area is 522 Å². The second-order valence-corrected chi connectivity index (χ2v) is 19.9. The number of benzene rings is 4. The minimum atomic E-state index is 0. The molecule has 418 valence electrons. The largest absolute Gasteiger partial charge is 0.255 e. The molecule has 0 N–H and O–H groups in total. The van der Waals surface area contributed by atoms with Gasteiger partial charge in [0.2, 0.25) is 0 Å². The van der Waals surface area contributed by atoms with E-state index in [0.717, 1.165) is 123 Å². The van der Waals surface area contributed by atoms with E-state index >= 15 is 0 Å². The van der Waals surface area contributed by atoms with Gasteiger partial charge in [0.05, 0.1) is 66.9 Å². The summed E-state index contributed by atoms with van der Waals surface area (Å²) < 4.78 is 0. The number of hydrogen-bond acceptors (Lipinski definition) is 12. The van der Waals surface area contributed by atoms with Gasteiger partial charge in [0.25, 0.3) is 0 Å². The van der Waals surface area contributed by atoms with Crippen molar-refractivity contribution in [1.82, 2.24) is 59.8 Å². The fourth-order valence-electron chi connectivity index (χ4n) is 9.90. The fraction of sp³-hybridized carbons (Fsp3) is 0.0556. The molecule has 0 radical (unpaired) electrons. The maximum atomic E-state index is 4.49. The monoisotopic (exact) mass is 1290 g/mol. The molecule has 0 bridgehead atoms. The van der Waals surface area contributed by atoms with Crippen molar-refractivity contribution >= 4 is 87.2 Å². The third-order valence-electron chi connectivity index (χ3n) is 14.1. The van der Waals surface area contributed by atoms with Gasteiger partial charge >= 0.3 is 0 Å². The van der Waals surface area contributed by atoms with Crippen molar-refractivity contribution < 1.29 is 39.0 Å². The van der Waals surface area contributed by atoms with Gasteiger partial charge in [-0.2, -0.15) is 0 Å². The van der Waals surface area contributed by atoms with E-state index in [4.69, 9.17) is 0 Å². The van der Waals surface area contributed by atoms with Crippen LogP contribution in [0.25, 0.3) is 110 Å². The third-order valence-corrected chi connectivity index (χ3v) is 14.1. The predicted octanol–water partition coefficient (Wildman–Crippen LogP) is 16.1. The zero-order chi connectivity index (χ0) is 56.9. The summed E-state index contributed by atoms with van der Waals surface area (Å²) in [6.45, 7) is 4.14. The molecule has 12 heterocycles. The van der Waals surface area contributed by atoms with Crippen LogP contribution in [0.1, 0.15) is 22.3 Å². The second kappa shape index (κ2) is 28.5. The summed E-state index contributed by atoms with van der Waals surface area (Å²) in [6.07, 6.45) is 23.7. The zero-order valence-electron chi connectivity index (χ0n) is 46.9. The number of hydrogen-bond donors (Lipinski definition) is 0. The Morgan fingerprint density at radius 3 is 0.616 bits per heavy atom. The van der Waals surface area contributed by atoms with Crippen molar-refractivity contribution in [3.05, 3.63) is 291 Å². The predicted molar refractivity (Wildman–Crippen MR) is 340 cm³/mol. The molecule has 0 atom stereocenters. The van der Waals surface area contributed by atoms with Crippen molar-refractivity contribution in [1.29, 1.82) is 0 Å². The summed E-state index contributed by atoms with van der Waals surface area (Å²) in [6, 6.07) is 65.1. The van der Waals surface area contributed by atoms with Crippen molar-refractivity contribution in [2.24, 2.45) is 0 Å². The summed E-state index contributed by atoms with van der Waals surface area (Å²) in [7, 11) is 0. The molecular weight excluding hydrogens is 1240 g/mol. The number of aromatic nitrogens is 12. The fourth-order valence-corrected chi connectivity index (χ4v) is 9.90. The van der Waals surface area contributed by atoms with Crippen LogP contribution in [0, 0.1) is 13.8 Å². The molecule has 0 saturated carbocycles. The number of aryl methyl sites for hydroxylation is 4. The number of pyridine rings is 12.